The number of hydrogen-bond acceptors (Lipinski definition) is 4. The van der Waals surface area contributed by atoms with Gasteiger partial charge in [-0.1, -0.05) is 30.3 Å². The second-order valence-electron chi connectivity index (χ2n) is 5.91. The van der Waals surface area contributed by atoms with Crippen molar-refractivity contribution >= 4 is 12.2 Å². The van der Waals surface area contributed by atoms with Crippen molar-refractivity contribution in [3.63, 3.8) is 0 Å². The molecule has 0 saturated heterocycles. The lowest BCUT2D eigenvalue weighted by molar-refractivity contribution is 0.246. The molecule has 6 heteroatoms. The molecule has 1 heterocycles. The van der Waals surface area contributed by atoms with Gasteiger partial charge in [-0.05, 0) is 44.1 Å². The summed E-state index contributed by atoms with van der Waals surface area (Å²) in [5.41, 5.74) is 1.33. The first-order chi connectivity index (χ1) is 10.7. The fraction of sp³-hybridized carbons (Fsp3) is 0.500. The molecule has 118 valence electrons. The van der Waals surface area contributed by atoms with Gasteiger partial charge in [-0.15, -0.1) is 0 Å². The zero-order chi connectivity index (χ0) is 15.5. The fourth-order valence-electron chi connectivity index (χ4n) is 2.63. The number of likely N-dealkylation sites (N-methyl/N-ethyl adjacent to an activating group) is 1. The lowest BCUT2D eigenvalue weighted by atomic mass is 10.1. The minimum absolute atomic E-state index is 0.0547. The lowest BCUT2D eigenvalue weighted by Crippen LogP contribution is -2.25. The molecule has 1 fully saturated rings. The molecule has 0 spiro atoms. The summed E-state index contributed by atoms with van der Waals surface area (Å²) in [5, 5.41) is 13.9. The second-order valence-corrected chi connectivity index (χ2v) is 6.28. The largest absolute Gasteiger partial charge is 0.388 e. The molecule has 0 aliphatic heterocycles. The van der Waals surface area contributed by atoms with Crippen molar-refractivity contribution in [3.8, 4) is 0 Å². The first kappa shape index (κ1) is 15.4. The van der Waals surface area contributed by atoms with Crippen molar-refractivity contribution in [1.82, 2.24) is 19.2 Å². The summed E-state index contributed by atoms with van der Waals surface area (Å²) in [5.74, 6) is 0.684. The number of rotatable bonds is 7. The fourth-order valence-corrected chi connectivity index (χ4v) is 2.98. The van der Waals surface area contributed by atoms with E-state index in [1.165, 1.54) is 5.56 Å². The third-order valence-corrected chi connectivity index (χ3v) is 4.40. The molecule has 5 nitrogen and oxygen atoms in total. The molecule has 0 bridgehead atoms. The Morgan fingerprint density at radius 2 is 2.05 bits per heavy atom. The highest BCUT2D eigenvalue weighted by molar-refractivity contribution is 7.71. The average Bonchev–Trinajstić information content (AvgIpc) is 3.32. The van der Waals surface area contributed by atoms with Gasteiger partial charge in [-0.25, -0.2) is 4.68 Å². The van der Waals surface area contributed by atoms with Gasteiger partial charge in [0.15, 0.2) is 10.6 Å². The smallest absolute Gasteiger partial charge is 0.199 e. The maximum absolute atomic E-state index is 9.46. The Morgan fingerprint density at radius 3 is 2.68 bits per heavy atom. The number of aromatic nitrogens is 3. The Kier molecular flexibility index (Phi) is 4.71. The van der Waals surface area contributed by atoms with E-state index in [0.717, 1.165) is 30.6 Å². The summed E-state index contributed by atoms with van der Waals surface area (Å²) in [4.78, 5) is 2.20. The van der Waals surface area contributed by atoms with Crippen LogP contribution < -0.4 is 0 Å². The van der Waals surface area contributed by atoms with Crippen LogP contribution in [0, 0.1) is 4.77 Å². The summed E-state index contributed by atoms with van der Waals surface area (Å²) >= 11 is 5.52. The molecule has 1 aliphatic rings. The number of aliphatic hydroxyl groups excluding tert-OH is 1. The Balaban J connectivity index is 1.64. The summed E-state index contributed by atoms with van der Waals surface area (Å²) in [6.07, 6.45) is 3.27. The van der Waals surface area contributed by atoms with Crippen LogP contribution >= 0.6 is 12.2 Å². The van der Waals surface area contributed by atoms with E-state index in [1.807, 2.05) is 15.3 Å². The highest BCUT2D eigenvalue weighted by Crippen LogP contribution is 2.36. The number of aliphatic hydroxyl groups is 1. The molecule has 1 N–H and O–H groups in total. The van der Waals surface area contributed by atoms with E-state index in [2.05, 4.69) is 41.3 Å². The zero-order valence-corrected chi connectivity index (χ0v) is 13.7. The summed E-state index contributed by atoms with van der Waals surface area (Å²) < 4.78 is 4.56. The minimum atomic E-state index is -0.0547. The van der Waals surface area contributed by atoms with Crippen LogP contribution in [-0.4, -0.2) is 37.9 Å². The Labute approximate surface area is 135 Å². The van der Waals surface area contributed by atoms with E-state index in [-0.39, 0.29) is 6.61 Å². The minimum Gasteiger partial charge on any atom is -0.388 e. The van der Waals surface area contributed by atoms with Gasteiger partial charge < -0.3 is 5.11 Å². The van der Waals surface area contributed by atoms with Gasteiger partial charge in [0.2, 0.25) is 0 Å². The third kappa shape index (κ3) is 3.45. The van der Waals surface area contributed by atoms with Crippen LogP contribution in [0.2, 0.25) is 0 Å². The number of hydrogen-bond donors (Lipinski definition) is 1. The molecular weight excluding hydrogens is 296 g/mol. The van der Waals surface area contributed by atoms with Crippen LogP contribution in [-0.2, 0) is 19.7 Å². The Morgan fingerprint density at radius 1 is 1.32 bits per heavy atom. The molecule has 0 radical (unpaired) electrons. The quantitative estimate of drug-likeness (QED) is 0.796. The van der Waals surface area contributed by atoms with Gasteiger partial charge in [0.25, 0.3) is 0 Å². The second kappa shape index (κ2) is 6.73. The monoisotopic (exact) mass is 318 g/mol. The highest BCUT2D eigenvalue weighted by atomic mass is 32.1. The normalized spacial score (nSPS) is 14.7. The number of nitrogens with zero attached hydrogens (tertiary/aromatic N) is 4. The molecule has 0 atom stereocenters. The molecule has 1 aromatic carbocycles. The summed E-state index contributed by atoms with van der Waals surface area (Å²) in [6.45, 7) is 1.54. The van der Waals surface area contributed by atoms with E-state index in [0.29, 0.717) is 18.5 Å². The molecule has 1 aromatic heterocycles. The Bertz CT molecular complexity index is 675. The van der Waals surface area contributed by atoms with Crippen LogP contribution in [0.4, 0.5) is 0 Å². The van der Waals surface area contributed by atoms with E-state index in [1.54, 1.807) is 0 Å². The molecule has 22 heavy (non-hydrogen) atoms. The van der Waals surface area contributed by atoms with Gasteiger partial charge in [-0.3, -0.25) is 9.47 Å². The lowest BCUT2D eigenvalue weighted by Gasteiger charge is -2.16. The van der Waals surface area contributed by atoms with Gasteiger partial charge in [0.05, 0.1) is 6.67 Å². The first-order valence-corrected chi connectivity index (χ1v) is 8.11. The van der Waals surface area contributed by atoms with E-state index in [4.69, 9.17) is 12.2 Å². The van der Waals surface area contributed by atoms with E-state index in [9.17, 15) is 5.11 Å². The van der Waals surface area contributed by atoms with Crippen molar-refractivity contribution in [2.45, 2.75) is 38.6 Å². The SMILES string of the molecule is CN(CCc1ccccc1)Cn1nc(CO)n(C2CC2)c1=S. The summed E-state index contributed by atoms with van der Waals surface area (Å²) in [6, 6.07) is 10.9. The van der Waals surface area contributed by atoms with Crippen molar-refractivity contribution < 1.29 is 5.11 Å². The van der Waals surface area contributed by atoms with Crippen LogP contribution in [0.15, 0.2) is 30.3 Å². The van der Waals surface area contributed by atoms with Gasteiger partial charge in [-0.2, -0.15) is 5.10 Å². The molecule has 1 saturated carbocycles. The average molecular weight is 318 g/mol. The molecule has 1 aliphatic carbocycles. The molecular formula is C16H22N4OS. The zero-order valence-electron chi connectivity index (χ0n) is 12.9. The predicted molar refractivity (Wildman–Crippen MR) is 88.0 cm³/mol. The van der Waals surface area contributed by atoms with Gasteiger partial charge >= 0.3 is 0 Å². The maximum atomic E-state index is 9.46. The summed E-state index contributed by atoms with van der Waals surface area (Å²) in [7, 11) is 2.07. The van der Waals surface area contributed by atoms with E-state index < -0.39 is 0 Å². The molecule has 3 rings (SSSR count). The van der Waals surface area contributed by atoms with Crippen molar-refractivity contribution in [3.05, 3.63) is 46.5 Å². The van der Waals surface area contributed by atoms with Gasteiger partial charge in [0, 0.05) is 12.6 Å². The van der Waals surface area contributed by atoms with Crippen molar-refractivity contribution in [1.29, 1.82) is 0 Å². The van der Waals surface area contributed by atoms with Crippen LogP contribution in [0.25, 0.3) is 0 Å². The standard InChI is InChI=1S/C16H22N4OS/c1-18(10-9-13-5-3-2-4-6-13)12-19-16(22)20(14-7-8-14)15(11-21)17-19/h2-6,14,21H,7-12H2,1H3. The van der Waals surface area contributed by atoms with E-state index >= 15 is 0 Å². The molecule has 0 unspecified atom stereocenters. The Hall–Kier alpha value is -1.50. The highest BCUT2D eigenvalue weighted by Gasteiger charge is 2.28. The topological polar surface area (TPSA) is 46.2 Å². The predicted octanol–water partition coefficient (Wildman–Crippen LogP) is 2.37. The van der Waals surface area contributed by atoms with Crippen LogP contribution in [0.5, 0.6) is 0 Å². The number of benzene rings is 1. The third-order valence-electron chi connectivity index (χ3n) is 3.99. The van der Waals surface area contributed by atoms with Crippen LogP contribution in [0.3, 0.4) is 0 Å². The van der Waals surface area contributed by atoms with Gasteiger partial charge in [0.1, 0.15) is 6.61 Å². The molecule has 0 amide bonds. The molecule has 2 aromatic rings. The van der Waals surface area contributed by atoms with Crippen LogP contribution in [0.1, 0.15) is 30.3 Å². The van der Waals surface area contributed by atoms with Crippen molar-refractivity contribution in [2.24, 2.45) is 0 Å². The first-order valence-electron chi connectivity index (χ1n) is 7.70. The maximum Gasteiger partial charge on any atom is 0.199 e. The van der Waals surface area contributed by atoms with Crippen molar-refractivity contribution in [2.75, 3.05) is 13.6 Å².